The van der Waals surface area contributed by atoms with Crippen molar-refractivity contribution in [1.29, 1.82) is 0 Å². The van der Waals surface area contributed by atoms with E-state index in [1.165, 1.54) is 6.20 Å². The van der Waals surface area contributed by atoms with E-state index in [1.807, 2.05) is 6.92 Å². The van der Waals surface area contributed by atoms with Crippen molar-refractivity contribution in [2.45, 2.75) is 46.1 Å². The Morgan fingerprint density at radius 3 is 2.90 bits per heavy atom. The van der Waals surface area contributed by atoms with Crippen LogP contribution in [0.4, 0.5) is 5.82 Å². The first-order chi connectivity index (χ1) is 9.41. The molecule has 0 aliphatic heterocycles. The van der Waals surface area contributed by atoms with Gasteiger partial charge in [0, 0.05) is 18.8 Å². The Morgan fingerprint density at radius 2 is 2.30 bits per heavy atom. The van der Waals surface area contributed by atoms with Crippen LogP contribution in [0.2, 0.25) is 5.02 Å². The third-order valence-electron chi connectivity index (χ3n) is 3.76. The van der Waals surface area contributed by atoms with Crippen molar-refractivity contribution in [2.75, 3.05) is 11.9 Å². The molecule has 110 valence electrons. The lowest BCUT2D eigenvalue weighted by molar-refractivity contribution is 0.0936. The summed E-state index contributed by atoms with van der Waals surface area (Å²) in [6.07, 6.45) is 4.71. The quantitative estimate of drug-likeness (QED) is 0.894. The normalized spacial score (nSPS) is 20.7. The van der Waals surface area contributed by atoms with E-state index in [-0.39, 0.29) is 11.9 Å². The summed E-state index contributed by atoms with van der Waals surface area (Å²) in [5.74, 6) is 0.563. The molecule has 1 aromatic heterocycles. The maximum Gasteiger partial charge on any atom is 0.253 e. The predicted molar refractivity (Wildman–Crippen MR) is 82.3 cm³/mol. The molecule has 0 saturated heterocycles. The highest BCUT2D eigenvalue weighted by atomic mass is 35.5. The highest BCUT2D eigenvalue weighted by Gasteiger charge is 2.32. The SMILES string of the molecule is CCNc1cc(C(=O)NC2CCC(C)(C)C2)c(Cl)cn1. The summed E-state index contributed by atoms with van der Waals surface area (Å²) in [6.45, 7) is 7.22. The Bertz CT molecular complexity index is 502. The molecule has 5 heteroatoms. The highest BCUT2D eigenvalue weighted by molar-refractivity contribution is 6.33. The number of aromatic nitrogens is 1. The largest absolute Gasteiger partial charge is 0.370 e. The van der Waals surface area contributed by atoms with Crippen molar-refractivity contribution in [2.24, 2.45) is 5.41 Å². The van der Waals surface area contributed by atoms with Crippen LogP contribution < -0.4 is 10.6 Å². The number of carbonyl (C=O) groups is 1. The molecular weight excluding hydrogens is 274 g/mol. The average molecular weight is 296 g/mol. The maximum absolute atomic E-state index is 12.3. The standard InChI is InChI=1S/C15H22ClN3O/c1-4-17-13-7-11(12(16)9-18-13)14(20)19-10-5-6-15(2,3)8-10/h7,9-10H,4-6,8H2,1-3H3,(H,17,18)(H,19,20). The minimum atomic E-state index is -0.112. The van der Waals surface area contributed by atoms with Gasteiger partial charge in [-0.1, -0.05) is 25.4 Å². The van der Waals surface area contributed by atoms with E-state index in [0.717, 1.165) is 25.8 Å². The number of amides is 1. The molecule has 0 bridgehead atoms. The monoisotopic (exact) mass is 295 g/mol. The van der Waals surface area contributed by atoms with Crippen LogP contribution in [0.25, 0.3) is 0 Å². The third kappa shape index (κ3) is 3.63. The summed E-state index contributed by atoms with van der Waals surface area (Å²) in [7, 11) is 0. The van der Waals surface area contributed by atoms with Gasteiger partial charge in [-0.25, -0.2) is 4.98 Å². The van der Waals surface area contributed by atoms with Crippen LogP contribution in [-0.4, -0.2) is 23.5 Å². The lowest BCUT2D eigenvalue weighted by atomic mass is 9.92. The van der Waals surface area contributed by atoms with E-state index in [4.69, 9.17) is 11.6 Å². The van der Waals surface area contributed by atoms with Crippen molar-refractivity contribution >= 4 is 23.3 Å². The van der Waals surface area contributed by atoms with Gasteiger partial charge in [-0.2, -0.15) is 0 Å². The van der Waals surface area contributed by atoms with Crippen molar-refractivity contribution in [3.8, 4) is 0 Å². The lowest BCUT2D eigenvalue weighted by Crippen LogP contribution is -2.33. The number of anilines is 1. The number of carbonyl (C=O) groups excluding carboxylic acids is 1. The van der Waals surface area contributed by atoms with Crippen LogP contribution >= 0.6 is 11.6 Å². The van der Waals surface area contributed by atoms with Gasteiger partial charge in [0.05, 0.1) is 10.6 Å². The van der Waals surface area contributed by atoms with Gasteiger partial charge in [0.2, 0.25) is 0 Å². The number of hydrogen-bond donors (Lipinski definition) is 2. The van der Waals surface area contributed by atoms with Crippen molar-refractivity contribution < 1.29 is 4.79 Å². The molecule has 2 N–H and O–H groups in total. The summed E-state index contributed by atoms with van der Waals surface area (Å²) < 4.78 is 0. The fourth-order valence-electron chi connectivity index (χ4n) is 2.71. The summed E-state index contributed by atoms with van der Waals surface area (Å²) in [6, 6.07) is 1.95. The molecule has 1 unspecified atom stereocenters. The zero-order valence-electron chi connectivity index (χ0n) is 12.3. The molecule has 20 heavy (non-hydrogen) atoms. The molecular formula is C15H22ClN3O. The second kappa shape index (κ2) is 6.00. The lowest BCUT2D eigenvalue weighted by Gasteiger charge is -2.18. The van der Waals surface area contributed by atoms with Crippen molar-refractivity contribution in [3.63, 3.8) is 0 Å². The molecule has 1 fully saturated rings. The molecule has 1 amide bonds. The Labute approximate surface area is 125 Å². The van der Waals surface area contributed by atoms with E-state index >= 15 is 0 Å². The summed E-state index contributed by atoms with van der Waals surface area (Å²) >= 11 is 6.08. The first-order valence-electron chi connectivity index (χ1n) is 7.11. The molecule has 0 radical (unpaired) electrons. The van der Waals surface area contributed by atoms with Gasteiger partial charge in [-0.15, -0.1) is 0 Å². The number of nitrogens with zero attached hydrogens (tertiary/aromatic N) is 1. The minimum Gasteiger partial charge on any atom is -0.370 e. The van der Waals surface area contributed by atoms with Crippen molar-refractivity contribution in [3.05, 3.63) is 22.8 Å². The van der Waals surface area contributed by atoms with Gasteiger partial charge in [-0.05, 0) is 37.7 Å². The first kappa shape index (κ1) is 15.1. The molecule has 1 aliphatic carbocycles. The number of pyridine rings is 1. The van der Waals surface area contributed by atoms with Gasteiger partial charge in [-0.3, -0.25) is 4.79 Å². The maximum atomic E-state index is 12.3. The van der Waals surface area contributed by atoms with Crippen LogP contribution in [0, 0.1) is 5.41 Å². The van der Waals surface area contributed by atoms with Gasteiger partial charge in [0.15, 0.2) is 0 Å². The highest BCUT2D eigenvalue weighted by Crippen LogP contribution is 2.37. The first-order valence-corrected chi connectivity index (χ1v) is 7.49. The number of hydrogen-bond acceptors (Lipinski definition) is 3. The Morgan fingerprint density at radius 1 is 1.55 bits per heavy atom. The van der Waals surface area contributed by atoms with Gasteiger partial charge >= 0.3 is 0 Å². The molecule has 2 rings (SSSR count). The Kier molecular flexibility index (Phi) is 4.53. The van der Waals surface area contributed by atoms with Crippen LogP contribution in [0.15, 0.2) is 12.3 Å². The molecule has 0 spiro atoms. The van der Waals surface area contributed by atoms with E-state index in [9.17, 15) is 4.79 Å². The van der Waals surface area contributed by atoms with E-state index in [2.05, 4.69) is 29.5 Å². The van der Waals surface area contributed by atoms with Crippen molar-refractivity contribution in [1.82, 2.24) is 10.3 Å². The summed E-state index contributed by atoms with van der Waals surface area (Å²) in [5.41, 5.74) is 0.803. The molecule has 1 saturated carbocycles. The van der Waals surface area contributed by atoms with E-state index in [0.29, 0.717) is 21.8 Å². The fraction of sp³-hybridized carbons (Fsp3) is 0.600. The molecule has 1 aliphatic rings. The van der Waals surface area contributed by atoms with Crippen LogP contribution in [0.3, 0.4) is 0 Å². The molecule has 4 nitrogen and oxygen atoms in total. The van der Waals surface area contributed by atoms with Crippen LogP contribution in [-0.2, 0) is 0 Å². The topological polar surface area (TPSA) is 54.0 Å². The molecule has 1 aromatic rings. The zero-order valence-corrected chi connectivity index (χ0v) is 13.0. The molecule has 1 atom stereocenters. The molecule has 0 aromatic carbocycles. The van der Waals surface area contributed by atoms with Crippen LogP contribution in [0.5, 0.6) is 0 Å². The molecule has 1 heterocycles. The number of halogens is 1. The second-order valence-electron chi connectivity index (χ2n) is 6.16. The van der Waals surface area contributed by atoms with E-state index < -0.39 is 0 Å². The number of nitrogens with one attached hydrogen (secondary N) is 2. The minimum absolute atomic E-state index is 0.112. The average Bonchev–Trinajstić information content (AvgIpc) is 2.71. The zero-order chi connectivity index (χ0) is 14.8. The third-order valence-corrected chi connectivity index (χ3v) is 4.06. The summed E-state index contributed by atoms with van der Waals surface area (Å²) in [5, 5.41) is 6.56. The number of rotatable bonds is 4. The fourth-order valence-corrected chi connectivity index (χ4v) is 2.90. The smallest absolute Gasteiger partial charge is 0.253 e. The van der Waals surface area contributed by atoms with Gasteiger partial charge in [0.25, 0.3) is 5.91 Å². The van der Waals surface area contributed by atoms with Gasteiger partial charge < -0.3 is 10.6 Å². The predicted octanol–water partition coefficient (Wildman–Crippen LogP) is 3.48. The second-order valence-corrected chi connectivity index (χ2v) is 6.56. The summed E-state index contributed by atoms with van der Waals surface area (Å²) in [4.78, 5) is 16.5. The Balaban J connectivity index is 2.07. The van der Waals surface area contributed by atoms with Crippen LogP contribution in [0.1, 0.15) is 50.4 Å². The van der Waals surface area contributed by atoms with E-state index in [1.54, 1.807) is 6.07 Å². The Hall–Kier alpha value is -1.29. The van der Waals surface area contributed by atoms with Gasteiger partial charge in [0.1, 0.15) is 5.82 Å².